The first-order chi connectivity index (χ1) is 8.40. The molecular formula is C15H13NO. The summed E-state index contributed by atoms with van der Waals surface area (Å²) in [7, 11) is 0. The van der Waals surface area contributed by atoms with Crippen molar-refractivity contribution in [1.82, 2.24) is 0 Å². The molecule has 0 atom stereocenters. The normalized spacial score (nSPS) is 10.9. The summed E-state index contributed by atoms with van der Waals surface area (Å²) in [5, 5.41) is 3.10. The number of carbonyl (C=O) groups excluding carboxylic acids is 1. The van der Waals surface area contributed by atoms with E-state index < -0.39 is 0 Å². The molecule has 2 aromatic rings. The van der Waals surface area contributed by atoms with Gasteiger partial charge < -0.3 is 5.32 Å². The SMILES string of the molecule is O=C/C(=C\Nc1ccccc1)c1ccccc1. The summed E-state index contributed by atoms with van der Waals surface area (Å²) >= 11 is 0. The molecule has 17 heavy (non-hydrogen) atoms. The van der Waals surface area contributed by atoms with E-state index in [4.69, 9.17) is 0 Å². The van der Waals surface area contributed by atoms with Gasteiger partial charge in [-0.15, -0.1) is 0 Å². The molecule has 0 aromatic heterocycles. The summed E-state index contributed by atoms with van der Waals surface area (Å²) in [6.45, 7) is 0. The summed E-state index contributed by atoms with van der Waals surface area (Å²) in [6, 6.07) is 19.3. The Hall–Kier alpha value is -2.35. The van der Waals surface area contributed by atoms with Gasteiger partial charge in [-0.1, -0.05) is 48.5 Å². The van der Waals surface area contributed by atoms with Crippen molar-refractivity contribution < 1.29 is 4.79 Å². The molecule has 0 saturated carbocycles. The number of allylic oxidation sites excluding steroid dienone is 1. The van der Waals surface area contributed by atoms with Crippen LogP contribution >= 0.6 is 0 Å². The third-order valence-electron chi connectivity index (χ3n) is 2.40. The standard InChI is InChI=1S/C15H13NO/c17-12-14(13-7-3-1-4-8-13)11-16-15-9-5-2-6-10-15/h1-12,16H/b14-11+. The van der Waals surface area contributed by atoms with Crippen LogP contribution in [0.15, 0.2) is 66.9 Å². The Kier molecular flexibility index (Phi) is 3.71. The average Bonchev–Trinajstić information content (AvgIpc) is 2.42. The van der Waals surface area contributed by atoms with Crippen LogP contribution in [0.5, 0.6) is 0 Å². The van der Waals surface area contributed by atoms with Crippen molar-refractivity contribution in [2.45, 2.75) is 0 Å². The number of rotatable bonds is 4. The fraction of sp³-hybridized carbons (Fsp3) is 0. The predicted molar refractivity (Wildman–Crippen MR) is 70.5 cm³/mol. The topological polar surface area (TPSA) is 29.1 Å². The van der Waals surface area contributed by atoms with E-state index in [1.807, 2.05) is 60.7 Å². The monoisotopic (exact) mass is 223 g/mol. The molecule has 1 N–H and O–H groups in total. The van der Waals surface area contributed by atoms with Gasteiger partial charge in [-0.3, -0.25) is 4.79 Å². The lowest BCUT2D eigenvalue weighted by Crippen LogP contribution is -1.92. The summed E-state index contributed by atoms with van der Waals surface area (Å²) in [4.78, 5) is 11.0. The zero-order chi connectivity index (χ0) is 11.9. The van der Waals surface area contributed by atoms with Crippen molar-refractivity contribution in [2.24, 2.45) is 0 Å². The van der Waals surface area contributed by atoms with Gasteiger partial charge in [0.25, 0.3) is 0 Å². The van der Waals surface area contributed by atoms with E-state index >= 15 is 0 Å². The maximum atomic E-state index is 11.0. The number of carbonyl (C=O) groups is 1. The second kappa shape index (κ2) is 5.66. The molecule has 0 spiro atoms. The zero-order valence-electron chi connectivity index (χ0n) is 9.34. The molecule has 0 aliphatic heterocycles. The molecular weight excluding hydrogens is 210 g/mol. The van der Waals surface area contributed by atoms with Crippen LogP contribution in [0.1, 0.15) is 5.56 Å². The fourth-order valence-electron chi connectivity index (χ4n) is 1.51. The second-order valence-corrected chi connectivity index (χ2v) is 3.59. The molecule has 84 valence electrons. The average molecular weight is 223 g/mol. The molecule has 0 unspecified atom stereocenters. The van der Waals surface area contributed by atoms with Crippen molar-refractivity contribution in [2.75, 3.05) is 5.32 Å². The van der Waals surface area contributed by atoms with E-state index in [1.165, 1.54) is 0 Å². The van der Waals surface area contributed by atoms with Crippen LogP contribution < -0.4 is 5.32 Å². The fourth-order valence-corrected chi connectivity index (χ4v) is 1.51. The number of hydrogen-bond acceptors (Lipinski definition) is 2. The van der Waals surface area contributed by atoms with Gasteiger partial charge in [-0.2, -0.15) is 0 Å². The molecule has 0 fully saturated rings. The Morgan fingerprint density at radius 3 is 2.06 bits per heavy atom. The van der Waals surface area contributed by atoms with Crippen LogP contribution in [0, 0.1) is 0 Å². The second-order valence-electron chi connectivity index (χ2n) is 3.59. The highest BCUT2D eigenvalue weighted by molar-refractivity contribution is 6.07. The molecule has 0 radical (unpaired) electrons. The van der Waals surface area contributed by atoms with E-state index in [-0.39, 0.29) is 0 Å². The Balaban J connectivity index is 2.17. The van der Waals surface area contributed by atoms with Gasteiger partial charge in [0, 0.05) is 17.5 Å². The maximum absolute atomic E-state index is 11.0. The predicted octanol–water partition coefficient (Wildman–Crippen LogP) is 3.34. The Labute approximate surface area is 101 Å². The van der Waals surface area contributed by atoms with Crippen LogP contribution in [0.25, 0.3) is 5.57 Å². The Bertz CT molecular complexity index is 503. The highest BCUT2D eigenvalue weighted by Gasteiger charge is 1.98. The number of benzene rings is 2. The smallest absolute Gasteiger partial charge is 0.152 e. The summed E-state index contributed by atoms with van der Waals surface area (Å²) in [6.07, 6.45) is 2.57. The van der Waals surface area contributed by atoms with Gasteiger partial charge in [0.1, 0.15) is 0 Å². The van der Waals surface area contributed by atoms with Gasteiger partial charge in [-0.25, -0.2) is 0 Å². The first kappa shape index (κ1) is 11.1. The Morgan fingerprint density at radius 1 is 0.882 bits per heavy atom. The van der Waals surface area contributed by atoms with E-state index in [0.29, 0.717) is 5.57 Å². The molecule has 0 aliphatic carbocycles. The Morgan fingerprint density at radius 2 is 1.47 bits per heavy atom. The lowest BCUT2D eigenvalue weighted by atomic mass is 10.1. The van der Waals surface area contributed by atoms with Gasteiger partial charge in [0.15, 0.2) is 6.29 Å². The minimum absolute atomic E-state index is 0.634. The first-order valence-corrected chi connectivity index (χ1v) is 5.42. The molecule has 0 bridgehead atoms. The maximum Gasteiger partial charge on any atom is 0.152 e. The van der Waals surface area contributed by atoms with Crippen molar-refractivity contribution >= 4 is 17.5 Å². The van der Waals surface area contributed by atoms with Crippen molar-refractivity contribution in [3.63, 3.8) is 0 Å². The molecule has 2 aromatic carbocycles. The van der Waals surface area contributed by atoms with Gasteiger partial charge in [-0.05, 0) is 17.7 Å². The van der Waals surface area contributed by atoms with Crippen LogP contribution in [-0.2, 0) is 4.79 Å². The minimum Gasteiger partial charge on any atom is -0.361 e. The van der Waals surface area contributed by atoms with Gasteiger partial charge in [0.2, 0.25) is 0 Å². The van der Waals surface area contributed by atoms with Crippen molar-refractivity contribution in [1.29, 1.82) is 0 Å². The zero-order valence-corrected chi connectivity index (χ0v) is 9.34. The number of para-hydroxylation sites is 1. The van der Waals surface area contributed by atoms with E-state index in [0.717, 1.165) is 17.5 Å². The minimum atomic E-state index is 0.634. The van der Waals surface area contributed by atoms with Crippen LogP contribution in [0.2, 0.25) is 0 Å². The summed E-state index contributed by atoms with van der Waals surface area (Å²) in [5.41, 5.74) is 2.50. The van der Waals surface area contributed by atoms with Crippen LogP contribution in [-0.4, -0.2) is 6.29 Å². The molecule has 2 heteroatoms. The van der Waals surface area contributed by atoms with Gasteiger partial charge >= 0.3 is 0 Å². The number of aldehydes is 1. The van der Waals surface area contributed by atoms with Crippen molar-refractivity contribution in [3.05, 3.63) is 72.4 Å². The molecule has 2 rings (SSSR count). The number of anilines is 1. The van der Waals surface area contributed by atoms with Crippen LogP contribution in [0.3, 0.4) is 0 Å². The molecule has 0 saturated heterocycles. The molecule has 0 aliphatic rings. The quantitative estimate of drug-likeness (QED) is 0.636. The number of hydrogen-bond donors (Lipinski definition) is 1. The third-order valence-corrected chi connectivity index (χ3v) is 2.40. The van der Waals surface area contributed by atoms with E-state index in [9.17, 15) is 4.79 Å². The molecule has 0 heterocycles. The largest absolute Gasteiger partial charge is 0.361 e. The summed E-state index contributed by atoms with van der Waals surface area (Å²) in [5.74, 6) is 0. The van der Waals surface area contributed by atoms with E-state index in [1.54, 1.807) is 6.20 Å². The van der Waals surface area contributed by atoms with E-state index in [2.05, 4.69) is 5.32 Å². The first-order valence-electron chi connectivity index (χ1n) is 5.42. The highest BCUT2D eigenvalue weighted by Crippen LogP contribution is 2.12. The van der Waals surface area contributed by atoms with Crippen molar-refractivity contribution in [3.8, 4) is 0 Å². The number of nitrogens with one attached hydrogen (secondary N) is 1. The lowest BCUT2D eigenvalue weighted by Gasteiger charge is -2.03. The summed E-state index contributed by atoms with van der Waals surface area (Å²) < 4.78 is 0. The van der Waals surface area contributed by atoms with Crippen LogP contribution in [0.4, 0.5) is 5.69 Å². The lowest BCUT2D eigenvalue weighted by molar-refractivity contribution is -0.103. The molecule has 0 amide bonds. The van der Waals surface area contributed by atoms with Gasteiger partial charge in [0.05, 0.1) is 0 Å². The highest BCUT2D eigenvalue weighted by atomic mass is 16.1. The third kappa shape index (κ3) is 3.05. The molecule has 2 nitrogen and oxygen atoms in total.